The van der Waals surface area contributed by atoms with Gasteiger partial charge in [-0.2, -0.15) is 0 Å². The van der Waals surface area contributed by atoms with Gasteiger partial charge in [-0.1, -0.05) is 39.8 Å². The highest BCUT2D eigenvalue weighted by Gasteiger charge is 2.37. The first-order chi connectivity index (χ1) is 14.0. The lowest BCUT2D eigenvalue weighted by Gasteiger charge is -2.42. The van der Waals surface area contributed by atoms with Crippen LogP contribution in [0, 0.1) is 6.92 Å². The molecule has 1 heterocycles. The number of carbonyl (C=O) groups excluding carboxylic acids is 2. The van der Waals surface area contributed by atoms with Crippen molar-refractivity contribution >= 4 is 11.9 Å². The Bertz CT molecular complexity index is 1050. The van der Waals surface area contributed by atoms with Gasteiger partial charge in [0, 0.05) is 12.1 Å². The third-order valence-electron chi connectivity index (χ3n) is 6.79. The molecule has 0 radical (unpaired) electrons. The number of urea groups is 1. The van der Waals surface area contributed by atoms with E-state index in [0.29, 0.717) is 6.54 Å². The molecule has 2 aromatic carbocycles. The second-order valence-corrected chi connectivity index (χ2v) is 10.0. The van der Waals surface area contributed by atoms with Crippen molar-refractivity contribution in [2.75, 3.05) is 6.54 Å². The van der Waals surface area contributed by atoms with Crippen molar-refractivity contribution in [2.24, 2.45) is 0 Å². The fourth-order valence-corrected chi connectivity index (χ4v) is 4.74. The first-order valence-electron chi connectivity index (χ1n) is 10.5. The fraction of sp³-hybridized carbons (Fsp3) is 0.440. The average Bonchev–Trinajstić information content (AvgIpc) is 2.97. The summed E-state index contributed by atoms with van der Waals surface area (Å²) in [6.07, 6.45) is 2.28. The highest BCUT2D eigenvalue weighted by molar-refractivity contribution is 6.01. The SMILES string of the molecule is Cc1cc2c(cc1-c1cc(CN3CC(=O)NC3=O)ccc1O)C(C)(C)CCC2(C)C. The fourth-order valence-electron chi connectivity index (χ4n) is 4.74. The highest BCUT2D eigenvalue weighted by Crippen LogP contribution is 2.48. The van der Waals surface area contributed by atoms with Crippen LogP contribution in [0.2, 0.25) is 0 Å². The third-order valence-corrected chi connectivity index (χ3v) is 6.79. The smallest absolute Gasteiger partial charge is 0.324 e. The highest BCUT2D eigenvalue weighted by atomic mass is 16.3. The Labute approximate surface area is 178 Å². The van der Waals surface area contributed by atoms with Gasteiger partial charge < -0.3 is 10.0 Å². The molecular formula is C25H30N2O3. The van der Waals surface area contributed by atoms with E-state index in [9.17, 15) is 14.7 Å². The zero-order valence-corrected chi connectivity index (χ0v) is 18.4. The van der Waals surface area contributed by atoms with Crippen LogP contribution in [0.3, 0.4) is 0 Å². The molecule has 0 unspecified atom stereocenters. The molecule has 158 valence electrons. The number of hydrogen-bond donors (Lipinski definition) is 2. The van der Waals surface area contributed by atoms with E-state index in [1.54, 1.807) is 12.1 Å². The second-order valence-electron chi connectivity index (χ2n) is 10.0. The minimum Gasteiger partial charge on any atom is -0.507 e. The second kappa shape index (κ2) is 6.86. The Kier molecular flexibility index (Phi) is 4.68. The summed E-state index contributed by atoms with van der Waals surface area (Å²) in [5.74, 6) is -0.0639. The number of hydrogen-bond acceptors (Lipinski definition) is 3. The third kappa shape index (κ3) is 3.47. The molecule has 0 atom stereocenters. The van der Waals surface area contributed by atoms with E-state index in [1.807, 2.05) is 6.07 Å². The average molecular weight is 407 g/mol. The van der Waals surface area contributed by atoms with Crippen molar-refractivity contribution in [3.05, 3.63) is 52.6 Å². The number of nitrogens with zero attached hydrogens (tertiary/aromatic N) is 1. The first-order valence-corrected chi connectivity index (χ1v) is 10.5. The summed E-state index contributed by atoms with van der Waals surface area (Å²) in [6.45, 7) is 11.7. The Balaban J connectivity index is 1.77. The van der Waals surface area contributed by atoms with Crippen LogP contribution >= 0.6 is 0 Å². The summed E-state index contributed by atoms with van der Waals surface area (Å²) in [4.78, 5) is 24.9. The number of rotatable bonds is 3. The molecular weight excluding hydrogens is 376 g/mol. The maximum absolute atomic E-state index is 11.9. The number of aryl methyl sites for hydroxylation is 1. The molecule has 0 saturated carbocycles. The molecule has 1 saturated heterocycles. The summed E-state index contributed by atoms with van der Waals surface area (Å²) >= 11 is 0. The van der Waals surface area contributed by atoms with Gasteiger partial charge in [-0.05, 0) is 76.6 Å². The van der Waals surface area contributed by atoms with E-state index in [0.717, 1.165) is 35.1 Å². The van der Waals surface area contributed by atoms with Crippen molar-refractivity contribution in [3.8, 4) is 16.9 Å². The van der Waals surface area contributed by atoms with Crippen LogP contribution in [0.15, 0.2) is 30.3 Å². The normalized spacial score (nSPS) is 19.6. The number of carbonyl (C=O) groups is 2. The number of imide groups is 1. The maximum atomic E-state index is 11.9. The molecule has 2 aromatic rings. The zero-order chi connectivity index (χ0) is 21.8. The summed E-state index contributed by atoms with van der Waals surface area (Å²) in [6, 6.07) is 9.56. The van der Waals surface area contributed by atoms with Crippen LogP contribution in [0.4, 0.5) is 4.79 Å². The van der Waals surface area contributed by atoms with E-state index >= 15 is 0 Å². The maximum Gasteiger partial charge on any atom is 0.324 e. The van der Waals surface area contributed by atoms with Crippen LogP contribution in [-0.4, -0.2) is 28.5 Å². The van der Waals surface area contributed by atoms with Crippen molar-refractivity contribution < 1.29 is 14.7 Å². The molecule has 4 rings (SSSR count). The van der Waals surface area contributed by atoms with E-state index < -0.39 is 0 Å². The van der Waals surface area contributed by atoms with E-state index in [4.69, 9.17) is 0 Å². The van der Waals surface area contributed by atoms with Crippen LogP contribution in [0.25, 0.3) is 11.1 Å². The predicted molar refractivity (Wildman–Crippen MR) is 118 cm³/mol. The van der Waals surface area contributed by atoms with Crippen LogP contribution in [0.5, 0.6) is 5.75 Å². The van der Waals surface area contributed by atoms with Gasteiger partial charge in [-0.3, -0.25) is 10.1 Å². The first kappa shape index (κ1) is 20.5. The molecule has 1 aliphatic heterocycles. The van der Waals surface area contributed by atoms with Crippen molar-refractivity contribution in [1.82, 2.24) is 10.2 Å². The molecule has 3 amide bonds. The lowest BCUT2D eigenvalue weighted by atomic mass is 9.62. The van der Waals surface area contributed by atoms with E-state index in [1.165, 1.54) is 16.0 Å². The number of amides is 3. The van der Waals surface area contributed by atoms with Crippen LogP contribution in [-0.2, 0) is 22.2 Å². The Morgan fingerprint density at radius 2 is 1.60 bits per heavy atom. The van der Waals surface area contributed by atoms with Crippen LogP contribution < -0.4 is 5.32 Å². The molecule has 1 fully saturated rings. The molecule has 2 aliphatic rings. The van der Waals surface area contributed by atoms with Gasteiger partial charge in [-0.15, -0.1) is 0 Å². The zero-order valence-electron chi connectivity index (χ0n) is 18.4. The minimum absolute atomic E-state index is 0.0657. The molecule has 5 nitrogen and oxygen atoms in total. The quantitative estimate of drug-likeness (QED) is 0.722. The Morgan fingerprint density at radius 3 is 2.20 bits per heavy atom. The number of phenolic OH excluding ortho intramolecular Hbond substituents is 1. The molecule has 0 aromatic heterocycles. The lowest BCUT2D eigenvalue weighted by Crippen LogP contribution is -2.34. The minimum atomic E-state index is -0.372. The number of aromatic hydroxyl groups is 1. The van der Waals surface area contributed by atoms with Crippen molar-refractivity contribution in [2.45, 2.75) is 64.8 Å². The Hall–Kier alpha value is -2.82. The topological polar surface area (TPSA) is 69.6 Å². The molecule has 30 heavy (non-hydrogen) atoms. The van der Waals surface area contributed by atoms with Gasteiger partial charge in [0.1, 0.15) is 12.3 Å². The van der Waals surface area contributed by atoms with Gasteiger partial charge in [0.05, 0.1) is 0 Å². The summed E-state index contributed by atoms with van der Waals surface area (Å²) in [7, 11) is 0. The van der Waals surface area contributed by atoms with Crippen molar-refractivity contribution in [1.29, 1.82) is 0 Å². The summed E-state index contributed by atoms with van der Waals surface area (Å²) < 4.78 is 0. The molecule has 0 spiro atoms. The number of benzene rings is 2. The Morgan fingerprint density at radius 1 is 0.967 bits per heavy atom. The van der Waals surface area contributed by atoms with Gasteiger partial charge in [-0.25, -0.2) is 4.79 Å². The van der Waals surface area contributed by atoms with Crippen LogP contribution in [0.1, 0.15) is 62.8 Å². The van der Waals surface area contributed by atoms with E-state index in [-0.39, 0.29) is 35.1 Å². The van der Waals surface area contributed by atoms with Gasteiger partial charge in [0.15, 0.2) is 0 Å². The molecule has 1 aliphatic carbocycles. The molecule has 5 heteroatoms. The monoisotopic (exact) mass is 406 g/mol. The lowest BCUT2D eigenvalue weighted by molar-refractivity contribution is -0.118. The van der Waals surface area contributed by atoms with Gasteiger partial charge in [0.25, 0.3) is 0 Å². The van der Waals surface area contributed by atoms with Gasteiger partial charge in [0.2, 0.25) is 5.91 Å². The number of fused-ring (bicyclic) bond motifs is 1. The molecule has 2 N–H and O–H groups in total. The van der Waals surface area contributed by atoms with E-state index in [2.05, 4.69) is 52.1 Å². The number of nitrogens with one attached hydrogen (secondary N) is 1. The van der Waals surface area contributed by atoms with Gasteiger partial charge >= 0.3 is 6.03 Å². The standard InChI is InChI=1S/C25H30N2O3/c1-15-10-19-20(25(4,5)9-8-24(19,2)3)12-17(15)18-11-16(6-7-21(18)28)13-27-14-22(29)26-23(27)30/h6-7,10-12,28H,8-9,13-14H2,1-5H3,(H,26,29,30). The predicted octanol–water partition coefficient (Wildman–Crippen LogP) is 4.77. The summed E-state index contributed by atoms with van der Waals surface area (Å²) in [5, 5.41) is 13.0. The van der Waals surface area contributed by atoms with Crippen molar-refractivity contribution in [3.63, 3.8) is 0 Å². The largest absolute Gasteiger partial charge is 0.507 e. The number of phenols is 1. The summed E-state index contributed by atoms with van der Waals surface area (Å²) in [5.41, 5.74) is 6.73. The molecule has 0 bridgehead atoms.